The van der Waals surface area contributed by atoms with Gasteiger partial charge in [-0.1, -0.05) is 45.0 Å². The van der Waals surface area contributed by atoms with Crippen molar-refractivity contribution in [1.29, 1.82) is 0 Å². The van der Waals surface area contributed by atoms with Gasteiger partial charge in [0.1, 0.15) is 0 Å². The van der Waals surface area contributed by atoms with Crippen LogP contribution in [0.3, 0.4) is 0 Å². The summed E-state index contributed by atoms with van der Waals surface area (Å²) in [4.78, 5) is 2.32. The first-order valence-electron chi connectivity index (χ1n) is 6.84. The van der Waals surface area contributed by atoms with Crippen molar-refractivity contribution in [3.8, 4) is 0 Å². The molecule has 0 radical (unpaired) electrons. The number of rotatable bonds is 5. The maximum Gasteiger partial charge on any atom is 0.0187 e. The molecule has 0 saturated heterocycles. The highest BCUT2D eigenvalue weighted by molar-refractivity contribution is 5.27. The molecule has 102 valence electrons. The monoisotopic (exact) mass is 248 g/mol. The van der Waals surface area contributed by atoms with Crippen LogP contribution in [0.4, 0.5) is 0 Å². The molecule has 0 amide bonds. The van der Waals surface area contributed by atoms with Crippen LogP contribution in [0, 0.1) is 0 Å². The Labute approximate surface area is 112 Å². The van der Waals surface area contributed by atoms with Crippen LogP contribution in [0.5, 0.6) is 0 Å². The van der Waals surface area contributed by atoms with Gasteiger partial charge in [-0.25, -0.2) is 0 Å². The highest BCUT2D eigenvalue weighted by Gasteiger charge is 2.13. The largest absolute Gasteiger partial charge is 0.329 e. The molecule has 1 aromatic rings. The van der Waals surface area contributed by atoms with Crippen LogP contribution in [0.25, 0.3) is 0 Å². The highest BCUT2D eigenvalue weighted by Crippen LogP contribution is 2.22. The second kappa shape index (κ2) is 6.35. The summed E-state index contributed by atoms with van der Waals surface area (Å²) in [7, 11) is 2.14. The number of likely N-dealkylation sites (N-methyl/N-ethyl adjacent to an activating group) is 1. The second-order valence-electron chi connectivity index (χ2n) is 6.26. The summed E-state index contributed by atoms with van der Waals surface area (Å²) >= 11 is 0. The summed E-state index contributed by atoms with van der Waals surface area (Å²) in [5.74, 6) is 0. The molecule has 1 unspecified atom stereocenters. The van der Waals surface area contributed by atoms with Crippen LogP contribution in [0.1, 0.15) is 38.8 Å². The van der Waals surface area contributed by atoms with Crippen LogP contribution in [0.2, 0.25) is 0 Å². The minimum Gasteiger partial charge on any atom is -0.329 e. The fourth-order valence-corrected chi connectivity index (χ4v) is 1.88. The van der Waals surface area contributed by atoms with Crippen molar-refractivity contribution in [1.82, 2.24) is 4.90 Å². The number of hydrogen-bond acceptors (Lipinski definition) is 2. The quantitative estimate of drug-likeness (QED) is 0.868. The average Bonchev–Trinajstić information content (AvgIpc) is 2.34. The molecular formula is C16H28N2. The van der Waals surface area contributed by atoms with Crippen LogP contribution in [-0.4, -0.2) is 31.1 Å². The second-order valence-corrected chi connectivity index (χ2v) is 6.26. The summed E-state index contributed by atoms with van der Waals surface area (Å²) < 4.78 is 0. The van der Waals surface area contributed by atoms with Gasteiger partial charge in [0.25, 0.3) is 0 Å². The van der Waals surface area contributed by atoms with Gasteiger partial charge < -0.3 is 10.6 Å². The molecular weight excluding hydrogens is 220 g/mol. The third-order valence-electron chi connectivity index (χ3n) is 3.67. The van der Waals surface area contributed by atoms with Gasteiger partial charge in [-0.2, -0.15) is 0 Å². The molecule has 0 aliphatic rings. The Kier molecular flexibility index (Phi) is 5.36. The maximum atomic E-state index is 5.67. The van der Waals surface area contributed by atoms with Crippen LogP contribution < -0.4 is 5.73 Å². The van der Waals surface area contributed by atoms with E-state index >= 15 is 0 Å². The molecule has 2 heteroatoms. The zero-order chi connectivity index (χ0) is 13.8. The first kappa shape index (κ1) is 15.2. The molecule has 1 aromatic carbocycles. The van der Waals surface area contributed by atoms with E-state index in [1.165, 1.54) is 11.1 Å². The molecule has 2 nitrogen and oxygen atoms in total. The van der Waals surface area contributed by atoms with E-state index in [9.17, 15) is 0 Å². The number of benzene rings is 1. The normalized spacial score (nSPS) is 13.9. The van der Waals surface area contributed by atoms with E-state index in [2.05, 4.69) is 63.9 Å². The Morgan fingerprint density at radius 2 is 1.72 bits per heavy atom. The number of nitrogens with two attached hydrogens (primary N) is 1. The molecule has 0 aliphatic carbocycles. The summed E-state index contributed by atoms with van der Waals surface area (Å²) in [6.07, 6.45) is 1.09. The Morgan fingerprint density at radius 1 is 1.17 bits per heavy atom. The Morgan fingerprint density at radius 3 is 2.17 bits per heavy atom. The van der Waals surface area contributed by atoms with E-state index in [-0.39, 0.29) is 5.41 Å². The van der Waals surface area contributed by atoms with Gasteiger partial charge in [0, 0.05) is 19.1 Å². The molecule has 0 heterocycles. The molecule has 1 atom stereocenters. The first-order valence-corrected chi connectivity index (χ1v) is 6.84. The fourth-order valence-electron chi connectivity index (χ4n) is 1.88. The van der Waals surface area contributed by atoms with E-state index in [0.29, 0.717) is 6.04 Å². The van der Waals surface area contributed by atoms with E-state index in [4.69, 9.17) is 5.73 Å². The summed E-state index contributed by atoms with van der Waals surface area (Å²) in [5.41, 5.74) is 8.71. The van der Waals surface area contributed by atoms with E-state index in [1.807, 2.05) is 0 Å². The minimum atomic E-state index is 0.239. The molecule has 0 saturated carbocycles. The van der Waals surface area contributed by atoms with Gasteiger partial charge in [0.05, 0.1) is 0 Å². The van der Waals surface area contributed by atoms with Crippen molar-refractivity contribution in [3.05, 3.63) is 35.4 Å². The molecule has 1 rings (SSSR count). The van der Waals surface area contributed by atoms with Gasteiger partial charge in [0.15, 0.2) is 0 Å². The van der Waals surface area contributed by atoms with Gasteiger partial charge in [-0.05, 0) is 36.9 Å². The topological polar surface area (TPSA) is 29.3 Å². The Bertz CT molecular complexity index is 348. The van der Waals surface area contributed by atoms with Gasteiger partial charge in [-0.15, -0.1) is 0 Å². The van der Waals surface area contributed by atoms with Gasteiger partial charge >= 0.3 is 0 Å². The van der Waals surface area contributed by atoms with Gasteiger partial charge in [-0.3, -0.25) is 0 Å². The minimum absolute atomic E-state index is 0.239. The van der Waals surface area contributed by atoms with Gasteiger partial charge in [0.2, 0.25) is 0 Å². The zero-order valence-corrected chi connectivity index (χ0v) is 12.5. The molecule has 0 spiro atoms. The molecule has 18 heavy (non-hydrogen) atoms. The molecule has 2 N–H and O–H groups in total. The summed E-state index contributed by atoms with van der Waals surface area (Å²) in [6, 6.07) is 9.46. The predicted octanol–water partition coefficient (Wildman–Crippen LogP) is 2.81. The lowest BCUT2D eigenvalue weighted by molar-refractivity contribution is 0.266. The van der Waals surface area contributed by atoms with Crippen molar-refractivity contribution in [2.45, 2.75) is 45.6 Å². The van der Waals surface area contributed by atoms with Crippen molar-refractivity contribution in [2.75, 3.05) is 20.1 Å². The Hall–Kier alpha value is -0.860. The van der Waals surface area contributed by atoms with E-state index < -0.39 is 0 Å². The van der Waals surface area contributed by atoms with Crippen LogP contribution in [-0.2, 0) is 11.8 Å². The summed E-state index contributed by atoms with van der Waals surface area (Å²) in [5, 5.41) is 0. The van der Waals surface area contributed by atoms with Crippen molar-refractivity contribution >= 4 is 0 Å². The molecule has 0 fully saturated rings. The first-order chi connectivity index (χ1) is 8.34. The third kappa shape index (κ3) is 4.43. The summed E-state index contributed by atoms with van der Waals surface area (Å²) in [6.45, 7) is 10.7. The van der Waals surface area contributed by atoms with Crippen LogP contribution >= 0.6 is 0 Å². The van der Waals surface area contributed by atoms with Crippen LogP contribution in [0.15, 0.2) is 24.3 Å². The SMILES string of the molecule is CC(CN)N(C)CCc1ccc(C(C)(C)C)cc1. The van der Waals surface area contributed by atoms with Crippen molar-refractivity contribution < 1.29 is 0 Å². The third-order valence-corrected chi connectivity index (χ3v) is 3.67. The lowest BCUT2D eigenvalue weighted by atomic mass is 9.86. The van der Waals surface area contributed by atoms with E-state index in [1.54, 1.807) is 0 Å². The maximum absolute atomic E-state index is 5.67. The van der Waals surface area contributed by atoms with Crippen molar-refractivity contribution in [2.24, 2.45) is 5.73 Å². The molecule has 0 aliphatic heterocycles. The lowest BCUT2D eigenvalue weighted by Gasteiger charge is -2.23. The van der Waals surface area contributed by atoms with Crippen molar-refractivity contribution in [3.63, 3.8) is 0 Å². The fraction of sp³-hybridized carbons (Fsp3) is 0.625. The molecule has 0 aromatic heterocycles. The standard InChI is InChI=1S/C16H28N2/c1-13(12-17)18(5)11-10-14-6-8-15(9-7-14)16(2,3)4/h6-9,13H,10-12,17H2,1-5H3. The lowest BCUT2D eigenvalue weighted by Crippen LogP contribution is -2.36. The predicted molar refractivity (Wildman–Crippen MR) is 80.0 cm³/mol. The number of nitrogens with zero attached hydrogens (tertiary/aromatic N) is 1. The molecule has 0 bridgehead atoms. The smallest absolute Gasteiger partial charge is 0.0187 e. The zero-order valence-electron chi connectivity index (χ0n) is 12.5. The highest BCUT2D eigenvalue weighted by atomic mass is 15.1. The Balaban J connectivity index is 2.54. The number of hydrogen-bond donors (Lipinski definition) is 1. The average molecular weight is 248 g/mol. The van der Waals surface area contributed by atoms with E-state index in [0.717, 1.165) is 19.5 Å².